The molecule has 0 atom stereocenters. The van der Waals surface area contributed by atoms with Crippen LogP contribution in [0.2, 0.25) is 0 Å². The minimum Gasteiger partial charge on any atom is -0.450 e. The number of esters is 1. The van der Waals surface area contributed by atoms with Gasteiger partial charge >= 0.3 is 5.97 Å². The van der Waals surface area contributed by atoms with Crippen LogP contribution >= 0.6 is 0 Å². The molecule has 2 amide bonds. The molecule has 3 rings (SSSR count). The molecule has 2 aromatic carbocycles. The van der Waals surface area contributed by atoms with E-state index in [-0.39, 0.29) is 24.3 Å². The van der Waals surface area contributed by atoms with Gasteiger partial charge in [0.2, 0.25) is 11.7 Å². The van der Waals surface area contributed by atoms with Crippen molar-refractivity contribution in [2.75, 3.05) is 18.1 Å². The number of carbonyl (C=O) groups excluding carboxylic acids is 3. The van der Waals surface area contributed by atoms with Crippen molar-refractivity contribution in [2.45, 2.75) is 6.42 Å². The Balaban J connectivity index is 1.74. The van der Waals surface area contributed by atoms with Gasteiger partial charge in [0.1, 0.15) is 11.4 Å². The zero-order valence-corrected chi connectivity index (χ0v) is 15.7. The van der Waals surface area contributed by atoms with Crippen LogP contribution in [0.1, 0.15) is 17.0 Å². The van der Waals surface area contributed by atoms with Crippen LogP contribution in [0.5, 0.6) is 0 Å². The summed E-state index contributed by atoms with van der Waals surface area (Å²) in [4.78, 5) is 49.2. The number of benzene rings is 2. The molecular weight excluding hydrogens is 395 g/mol. The smallest absolute Gasteiger partial charge is 0.374 e. The number of nitrogens with two attached hydrogens (primary N) is 1. The number of anilines is 1. The van der Waals surface area contributed by atoms with E-state index in [2.05, 4.69) is 0 Å². The molecule has 2 N–H and O–H groups in total. The summed E-state index contributed by atoms with van der Waals surface area (Å²) in [6.07, 6.45) is -0.142. The van der Waals surface area contributed by atoms with Crippen LogP contribution in [0.15, 0.2) is 63.8 Å². The maximum Gasteiger partial charge on any atom is 0.374 e. The fraction of sp³-hybridized carbons (Fsp3) is 0.143. The molecule has 0 saturated carbocycles. The number of rotatable bonds is 7. The van der Waals surface area contributed by atoms with Crippen molar-refractivity contribution in [3.8, 4) is 0 Å². The van der Waals surface area contributed by atoms with Crippen molar-refractivity contribution in [1.29, 1.82) is 0 Å². The van der Waals surface area contributed by atoms with Crippen molar-refractivity contribution in [1.82, 2.24) is 0 Å². The number of hydrogen-bond acceptors (Lipinski definition) is 6. The first kappa shape index (κ1) is 20.7. The number of nitrogens with zero attached hydrogens (tertiary/aromatic N) is 1. The molecule has 0 aliphatic carbocycles. The van der Waals surface area contributed by atoms with Gasteiger partial charge < -0.3 is 19.8 Å². The Hall–Kier alpha value is -4.01. The summed E-state index contributed by atoms with van der Waals surface area (Å²) >= 11 is 0. The van der Waals surface area contributed by atoms with Gasteiger partial charge in [0.25, 0.3) is 5.91 Å². The third-order valence-electron chi connectivity index (χ3n) is 4.18. The predicted molar refractivity (Wildman–Crippen MR) is 105 cm³/mol. The summed E-state index contributed by atoms with van der Waals surface area (Å²) in [5.74, 6) is -3.15. The van der Waals surface area contributed by atoms with E-state index in [9.17, 15) is 23.6 Å². The van der Waals surface area contributed by atoms with Gasteiger partial charge in [-0.25, -0.2) is 9.18 Å². The fourth-order valence-electron chi connectivity index (χ4n) is 2.72. The van der Waals surface area contributed by atoms with E-state index in [4.69, 9.17) is 14.9 Å². The topological polar surface area (TPSA) is 120 Å². The quantitative estimate of drug-likeness (QED) is 0.593. The maximum absolute atomic E-state index is 13.2. The van der Waals surface area contributed by atoms with Gasteiger partial charge in [-0.2, -0.15) is 0 Å². The van der Waals surface area contributed by atoms with E-state index in [0.29, 0.717) is 11.1 Å². The van der Waals surface area contributed by atoms with Crippen LogP contribution in [0, 0.1) is 5.82 Å². The van der Waals surface area contributed by atoms with Gasteiger partial charge in [0, 0.05) is 24.7 Å². The molecule has 0 aliphatic heterocycles. The maximum atomic E-state index is 13.2. The molecule has 0 saturated heterocycles. The largest absolute Gasteiger partial charge is 0.450 e. The third kappa shape index (κ3) is 4.88. The molecule has 0 spiro atoms. The van der Waals surface area contributed by atoms with Crippen LogP contribution < -0.4 is 16.1 Å². The highest BCUT2D eigenvalue weighted by atomic mass is 19.1. The fourth-order valence-corrected chi connectivity index (χ4v) is 2.72. The van der Waals surface area contributed by atoms with E-state index in [1.54, 1.807) is 18.2 Å². The number of ether oxygens (including phenoxy) is 1. The average molecular weight is 412 g/mol. The Morgan fingerprint density at radius 3 is 2.47 bits per heavy atom. The minimum atomic E-state index is -1.000. The number of carbonyl (C=O) groups is 3. The lowest BCUT2D eigenvalue weighted by atomic mass is 10.2. The summed E-state index contributed by atoms with van der Waals surface area (Å²) in [6, 6.07) is 12.4. The van der Waals surface area contributed by atoms with E-state index >= 15 is 0 Å². The van der Waals surface area contributed by atoms with E-state index in [1.165, 1.54) is 18.2 Å². The van der Waals surface area contributed by atoms with E-state index in [1.807, 2.05) is 0 Å². The molecule has 0 unspecified atom stereocenters. The SMILES string of the molecule is NC(=O)CCN(C(=O)COC(=O)c1cc(=O)c2ccccc2o1)c1ccc(F)cc1. The molecule has 1 heterocycles. The Kier molecular flexibility index (Phi) is 6.21. The number of fused-ring (bicyclic) bond motifs is 1. The predicted octanol–water partition coefficient (Wildman–Crippen LogP) is 2.00. The monoisotopic (exact) mass is 412 g/mol. The summed E-state index contributed by atoms with van der Waals surface area (Å²) in [5, 5.41) is 0.305. The first-order chi connectivity index (χ1) is 14.3. The van der Waals surface area contributed by atoms with Crippen molar-refractivity contribution >= 4 is 34.4 Å². The standard InChI is InChI=1S/C21H17FN2O6/c22-13-5-7-14(8-6-13)24(10-9-19(23)26)20(27)12-29-21(28)18-11-16(25)15-3-1-2-4-17(15)30-18/h1-8,11H,9-10,12H2,(H2,23,26). The molecule has 3 aromatic rings. The van der Waals surface area contributed by atoms with Crippen LogP contribution in [0.3, 0.4) is 0 Å². The van der Waals surface area contributed by atoms with Crippen molar-refractivity contribution in [3.05, 3.63) is 76.4 Å². The van der Waals surface area contributed by atoms with E-state index < -0.39 is 35.6 Å². The normalized spacial score (nSPS) is 10.6. The van der Waals surface area contributed by atoms with Crippen LogP contribution in [-0.4, -0.2) is 30.9 Å². The van der Waals surface area contributed by atoms with Crippen molar-refractivity contribution < 1.29 is 27.9 Å². The molecule has 154 valence electrons. The first-order valence-corrected chi connectivity index (χ1v) is 8.89. The number of hydrogen-bond donors (Lipinski definition) is 1. The first-order valence-electron chi connectivity index (χ1n) is 8.89. The molecule has 30 heavy (non-hydrogen) atoms. The second kappa shape index (κ2) is 8.99. The van der Waals surface area contributed by atoms with Crippen molar-refractivity contribution in [2.24, 2.45) is 5.73 Å². The van der Waals surface area contributed by atoms with Crippen LogP contribution in [0.25, 0.3) is 11.0 Å². The molecular formula is C21H17FN2O6. The average Bonchev–Trinajstić information content (AvgIpc) is 2.73. The zero-order valence-electron chi connectivity index (χ0n) is 15.7. The van der Waals surface area contributed by atoms with Crippen LogP contribution in [-0.2, 0) is 14.3 Å². The zero-order chi connectivity index (χ0) is 21.7. The van der Waals surface area contributed by atoms with Crippen molar-refractivity contribution in [3.63, 3.8) is 0 Å². The lowest BCUT2D eigenvalue weighted by Crippen LogP contribution is -2.37. The Bertz CT molecular complexity index is 1160. The van der Waals surface area contributed by atoms with Crippen LogP contribution in [0.4, 0.5) is 10.1 Å². The summed E-state index contributed by atoms with van der Waals surface area (Å²) in [5.41, 5.74) is 5.22. The molecule has 0 bridgehead atoms. The van der Waals surface area contributed by atoms with Gasteiger partial charge in [-0.3, -0.25) is 14.4 Å². The van der Waals surface area contributed by atoms with Gasteiger partial charge in [0.15, 0.2) is 12.0 Å². The Morgan fingerprint density at radius 2 is 1.77 bits per heavy atom. The third-order valence-corrected chi connectivity index (χ3v) is 4.18. The molecule has 0 radical (unpaired) electrons. The van der Waals surface area contributed by atoms with Gasteiger partial charge in [-0.15, -0.1) is 0 Å². The Morgan fingerprint density at radius 1 is 1.07 bits per heavy atom. The molecule has 1 aromatic heterocycles. The second-order valence-corrected chi connectivity index (χ2v) is 6.29. The van der Waals surface area contributed by atoms with Gasteiger partial charge in [-0.05, 0) is 36.4 Å². The second-order valence-electron chi connectivity index (χ2n) is 6.29. The number of amides is 2. The molecule has 9 heteroatoms. The molecule has 0 fully saturated rings. The van der Waals surface area contributed by atoms with E-state index in [0.717, 1.165) is 23.1 Å². The number of para-hydroxylation sites is 1. The molecule has 0 aliphatic rings. The summed E-state index contributed by atoms with van der Waals surface area (Å²) in [6.45, 7) is -0.770. The number of primary amides is 1. The Labute approximate surface area is 169 Å². The summed E-state index contributed by atoms with van der Waals surface area (Å²) in [7, 11) is 0. The van der Waals surface area contributed by atoms with Gasteiger partial charge in [0.05, 0.1) is 5.39 Å². The highest BCUT2D eigenvalue weighted by molar-refractivity contribution is 5.97. The highest BCUT2D eigenvalue weighted by Crippen LogP contribution is 2.16. The summed E-state index contributed by atoms with van der Waals surface area (Å²) < 4.78 is 23.5. The highest BCUT2D eigenvalue weighted by Gasteiger charge is 2.20. The van der Waals surface area contributed by atoms with Gasteiger partial charge in [-0.1, -0.05) is 12.1 Å². The lowest BCUT2D eigenvalue weighted by molar-refractivity contribution is -0.122. The number of halogens is 1. The minimum absolute atomic E-state index is 0.0809. The molecule has 8 nitrogen and oxygen atoms in total. The lowest BCUT2D eigenvalue weighted by Gasteiger charge is -2.22.